The van der Waals surface area contributed by atoms with Crippen molar-refractivity contribution in [1.29, 1.82) is 0 Å². The van der Waals surface area contributed by atoms with Gasteiger partial charge in [-0.25, -0.2) is 4.39 Å². The van der Waals surface area contributed by atoms with Crippen LogP contribution in [0.15, 0.2) is 48.5 Å². The van der Waals surface area contributed by atoms with Gasteiger partial charge in [0.15, 0.2) is 5.78 Å². The van der Waals surface area contributed by atoms with Crippen LogP contribution in [0.3, 0.4) is 0 Å². The first-order valence-electron chi connectivity index (χ1n) is 6.73. The van der Waals surface area contributed by atoms with Crippen LogP contribution in [0.2, 0.25) is 0 Å². The van der Waals surface area contributed by atoms with Crippen molar-refractivity contribution in [3.8, 4) is 0 Å². The number of carbonyl (C=O) groups excluding carboxylic acids is 1. The van der Waals surface area contributed by atoms with E-state index < -0.39 is 5.82 Å². The molecule has 0 bridgehead atoms. The molecule has 0 aliphatic heterocycles. The number of aromatic nitrogens is 1. The van der Waals surface area contributed by atoms with Crippen LogP contribution < -0.4 is 0 Å². The highest BCUT2D eigenvalue weighted by atomic mass is 19.1. The maximum absolute atomic E-state index is 13.5. The number of hydrogen-bond donors (Lipinski definition) is 0. The Kier molecular flexibility index (Phi) is 3.26. The number of pyridine rings is 1. The van der Waals surface area contributed by atoms with Crippen molar-refractivity contribution in [2.75, 3.05) is 0 Å². The van der Waals surface area contributed by atoms with Crippen molar-refractivity contribution in [2.24, 2.45) is 0 Å². The third-order valence-corrected chi connectivity index (χ3v) is 3.53. The minimum Gasteiger partial charge on any atom is -0.289 e. The molecule has 0 saturated carbocycles. The first-order chi connectivity index (χ1) is 10.1. The molecule has 1 heterocycles. The number of rotatable bonds is 2. The molecule has 0 N–H and O–H groups in total. The monoisotopic (exact) mass is 279 g/mol. The molecule has 0 atom stereocenters. The van der Waals surface area contributed by atoms with Crippen LogP contribution in [0.1, 0.15) is 27.2 Å². The molecule has 3 rings (SSSR count). The van der Waals surface area contributed by atoms with E-state index in [9.17, 15) is 9.18 Å². The van der Waals surface area contributed by atoms with Crippen molar-refractivity contribution in [2.45, 2.75) is 13.8 Å². The number of halogens is 1. The second-order valence-electron chi connectivity index (χ2n) is 5.12. The first-order valence-corrected chi connectivity index (χ1v) is 6.73. The molecule has 0 amide bonds. The van der Waals surface area contributed by atoms with Crippen LogP contribution in [0.4, 0.5) is 4.39 Å². The average Bonchev–Trinajstić information content (AvgIpc) is 2.48. The Labute approximate surface area is 122 Å². The summed E-state index contributed by atoms with van der Waals surface area (Å²) in [6.07, 6.45) is 0. The smallest absolute Gasteiger partial charge is 0.194 e. The van der Waals surface area contributed by atoms with Crippen molar-refractivity contribution >= 4 is 16.7 Å². The zero-order valence-electron chi connectivity index (χ0n) is 11.9. The molecule has 0 fully saturated rings. The highest BCUT2D eigenvalue weighted by Gasteiger charge is 2.16. The highest BCUT2D eigenvalue weighted by molar-refractivity contribution is 6.16. The standard InChI is InChI=1S/C18H14FNO/c1-11-7-8-13(19)10-15(11)18(21)16-9-12(2)20-17-6-4-3-5-14(16)17/h3-10H,1-2H3. The Bertz CT molecular complexity index is 855. The van der Waals surface area contributed by atoms with E-state index in [0.29, 0.717) is 11.1 Å². The fraction of sp³-hybridized carbons (Fsp3) is 0.111. The number of carbonyl (C=O) groups is 1. The fourth-order valence-corrected chi connectivity index (χ4v) is 2.48. The summed E-state index contributed by atoms with van der Waals surface area (Å²) in [6.45, 7) is 3.66. The molecule has 3 aromatic rings. The summed E-state index contributed by atoms with van der Waals surface area (Å²) in [7, 11) is 0. The van der Waals surface area contributed by atoms with Gasteiger partial charge in [0.1, 0.15) is 5.82 Å². The minimum absolute atomic E-state index is 0.172. The molecule has 0 aliphatic rings. The van der Waals surface area contributed by atoms with E-state index in [1.807, 2.05) is 38.1 Å². The van der Waals surface area contributed by atoms with E-state index in [2.05, 4.69) is 4.98 Å². The van der Waals surface area contributed by atoms with Crippen LogP contribution in [0.25, 0.3) is 10.9 Å². The lowest BCUT2D eigenvalue weighted by Gasteiger charge is -2.09. The Balaban J connectivity index is 2.24. The molecule has 3 heteroatoms. The summed E-state index contributed by atoms with van der Waals surface area (Å²) >= 11 is 0. The second-order valence-corrected chi connectivity index (χ2v) is 5.12. The predicted octanol–water partition coefficient (Wildman–Crippen LogP) is 4.22. The molecule has 0 unspecified atom stereocenters. The van der Waals surface area contributed by atoms with Crippen molar-refractivity contribution < 1.29 is 9.18 Å². The lowest BCUT2D eigenvalue weighted by Crippen LogP contribution is -2.06. The van der Waals surface area contributed by atoms with E-state index in [1.165, 1.54) is 12.1 Å². The number of nitrogens with zero attached hydrogens (tertiary/aromatic N) is 1. The molecule has 1 aromatic heterocycles. The zero-order chi connectivity index (χ0) is 15.0. The number of fused-ring (bicyclic) bond motifs is 1. The van der Waals surface area contributed by atoms with E-state index in [-0.39, 0.29) is 5.78 Å². The second kappa shape index (κ2) is 5.09. The summed E-state index contributed by atoms with van der Waals surface area (Å²) in [5.74, 6) is -0.576. The van der Waals surface area contributed by atoms with E-state index in [1.54, 1.807) is 12.1 Å². The zero-order valence-corrected chi connectivity index (χ0v) is 11.9. The molecule has 0 spiro atoms. The number of para-hydroxylation sites is 1. The summed E-state index contributed by atoms with van der Waals surface area (Å²) in [4.78, 5) is 17.2. The van der Waals surface area contributed by atoms with Gasteiger partial charge in [0, 0.05) is 22.2 Å². The Hall–Kier alpha value is -2.55. The maximum atomic E-state index is 13.5. The van der Waals surface area contributed by atoms with Crippen LogP contribution in [0.5, 0.6) is 0 Å². The van der Waals surface area contributed by atoms with E-state index >= 15 is 0 Å². The molecule has 21 heavy (non-hydrogen) atoms. The third-order valence-electron chi connectivity index (χ3n) is 3.53. The number of ketones is 1. The molecule has 0 saturated heterocycles. The largest absolute Gasteiger partial charge is 0.289 e. The molecule has 2 nitrogen and oxygen atoms in total. The Morgan fingerprint density at radius 1 is 1.00 bits per heavy atom. The van der Waals surface area contributed by atoms with Crippen molar-refractivity contribution in [3.05, 3.63) is 76.7 Å². The fourth-order valence-electron chi connectivity index (χ4n) is 2.48. The molecular weight excluding hydrogens is 265 g/mol. The first kappa shape index (κ1) is 13.4. The predicted molar refractivity (Wildman–Crippen MR) is 81.0 cm³/mol. The number of hydrogen-bond acceptors (Lipinski definition) is 2. The van der Waals surface area contributed by atoms with Crippen LogP contribution in [0, 0.1) is 19.7 Å². The molecule has 104 valence electrons. The van der Waals surface area contributed by atoms with Gasteiger partial charge in [-0.1, -0.05) is 24.3 Å². The van der Waals surface area contributed by atoms with Gasteiger partial charge >= 0.3 is 0 Å². The third kappa shape index (κ3) is 2.42. The van der Waals surface area contributed by atoms with Gasteiger partial charge in [-0.15, -0.1) is 0 Å². The Morgan fingerprint density at radius 3 is 2.57 bits per heavy atom. The van der Waals surface area contributed by atoms with Crippen LogP contribution in [-0.4, -0.2) is 10.8 Å². The summed E-state index contributed by atoms with van der Waals surface area (Å²) < 4.78 is 13.5. The highest BCUT2D eigenvalue weighted by Crippen LogP contribution is 2.23. The molecule has 0 radical (unpaired) electrons. The lowest BCUT2D eigenvalue weighted by molar-refractivity contribution is 0.103. The van der Waals surface area contributed by atoms with Crippen molar-refractivity contribution in [1.82, 2.24) is 4.98 Å². The van der Waals surface area contributed by atoms with Crippen LogP contribution in [-0.2, 0) is 0 Å². The quantitative estimate of drug-likeness (QED) is 0.657. The molecule has 0 aliphatic carbocycles. The lowest BCUT2D eigenvalue weighted by atomic mass is 9.96. The van der Waals surface area contributed by atoms with Gasteiger partial charge in [0.2, 0.25) is 0 Å². The van der Waals surface area contributed by atoms with Gasteiger partial charge < -0.3 is 0 Å². The number of benzene rings is 2. The summed E-state index contributed by atoms with van der Waals surface area (Å²) in [5.41, 5.74) is 3.26. The summed E-state index contributed by atoms with van der Waals surface area (Å²) in [5, 5.41) is 0.789. The van der Waals surface area contributed by atoms with Gasteiger partial charge in [0.05, 0.1) is 5.52 Å². The molecule has 2 aromatic carbocycles. The average molecular weight is 279 g/mol. The van der Waals surface area contributed by atoms with Gasteiger partial charge in [-0.05, 0) is 43.7 Å². The topological polar surface area (TPSA) is 30.0 Å². The van der Waals surface area contributed by atoms with Gasteiger partial charge in [0.25, 0.3) is 0 Å². The van der Waals surface area contributed by atoms with Gasteiger partial charge in [-0.3, -0.25) is 9.78 Å². The Morgan fingerprint density at radius 2 is 1.76 bits per heavy atom. The van der Waals surface area contributed by atoms with E-state index in [4.69, 9.17) is 0 Å². The summed E-state index contributed by atoms with van der Waals surface area (Å²) in [6, 6.07) is 13.5. The van der Waals surface area contributed by atoms with Crippen molar-refractivity contribution in [3.63, 3.8) is 0 Å². The minimum atomic E-state index is -0.404. The maximum Gasteiger partial charge on any atom is 0.194 e. The molecular formula is C18H14FNO. The number of aryl methyl sites for hydroxylation is 2. The van der Waals surface area contributed by atoms with Gasteiger partial charge in [-0.2, -0.15) is 0 Å². The van der Waals surface area contributed by atoms with Crippen LogP contribution >= 0.6 is 0 Å². The van der Waals surface area contributed by atoms with E-state index in [0.717, 1.165) is 22.2 Å². The SMILES string of the molecule is Cc1cc(C(=O)c2cc(F)ccc2C)c2ccccc2n1. The normalized spacial score (nSPS) is 10.8.